The van der Waals surface area contributed by atoms with Gasteiger partial charge in [0, 0.05) is 26.2 Å². The molecule has 30 heavy (non-hydrogen) atoms. The zero-order valence-corrected chi connectivity index (χ0v) is 18.1. The van der Waals surface area contributed by atoms with Crippen LogP contribution in [0.15, 0.2) is 65.1 Å². The van der Waals surface area contributed by atoms with Crippen molar-refractivity contribution < 1.29 is 19.1 Å². The number of halogens is 2. The highest BCUT2D eigenvalue weighted by atomic mass is 79.9. The molecule has 0 aromatic heterocycles. The zero-order valence-electron chi connectivity index (χ0n) is 15.7. The molecule has 1 heterocycles. The number of amides is 1. The molecule has 4 rings (SSSR count). The number of benzene rings is 3. The number of carbonyl (C=O) groups excluding carboxylic acids is 2. The van der Waals surface area contributed by atoms with Gasteiger partial charge in [0.2, 0.25) is 0 Å². The van der Waals surface area contributed by atoms with Crippen LogP contribution in [0.1, 0.15) is 21.5 Å². The summed E-state index contributed by atoms with van der Waals surface area (Å²) in [4.78, 5) is 24.1. The molecule has 3 aromatic carbocycles. The Balaban J connectivity index is 1.69. The molecule has 0 bridgehead atoms. The second-order valence-corrected chi connectivity index (χ2v) is 7.85. The van der Waals surface area contributed by atoms with Crippen molar-refractivity contribution in [3.8, 4) is 11.5 Å². The molecule has 5 nitrogen and oxygen atoms in total. The highest BCUT2D eigenvalue weighted by Crippen LogP contribution is 2.37. The van der Waals surface area contributed by atoms with E-state index in [2.05, 4.69) is 21.2 Å². The van der Waals surface area contributed by atoms with Crippen LogP contribution >= 0.6 is 27.5 Å². The van der Waals surface area contributed by atoms with Crippen molar-refractivity contribution in [1.29, 1.82) is 0 Å². The van der Waals surface area contributed by atoms with E-state index in [1.165, 1.54) is 7.11 Å². The van der Waals surface area contributed by atoms with Crippen LogP contribution in [0, 0.1) is 0 Å². The van der Waals surface area contributed by atoms with Crippen LogP contribution in [0.3, 0.4) is 0 Å². The first kappa shape index (κ1) is 20.2. The molecule has 0 spiro atoms. The molecule has 0 radical (unpaired) electrons. The number of anilines is 1. The zero-order chi connectivity index (χ0) is 21.3. The minimum Gasteiger partial charge on any atom is -0.465 e. The summed E-state index contributed by atoms with van der Waals surface area (Å²) in [6.07, 6.45) is 1.78. The van der Waals surface area contributed by atoms with Gasteiger partial charge in [-0.3, -0.25) is 4.79 Å². The van der Waals surface area contributed by atoms with Crippen LogP contribution < -0.4 is 10.1 Å². The number of rotatable bonds is 4. The van der Waals surface area contributed by atoms with Gasteiger partial charge < -0.3 is 14.8 Å². The first-order valence-electron chi connectivity index (χ1n) is 8.93. The lowest BCUT2D eigenvalue weighted by Crippen LogP contribution is -2.03. The minimum absolute atomic E-state index is 0.208. The highest BCUT2D eigenvalue weighted by molar-refractivity contribution is 9.10. The van der Waals surface area contributed by atoms with E-state index in [0.29, 0.717) is 33.3 Å². The Morgan fingerprint density at radius 2 is 1.83 bits per heavy atom. The molecule has 0 saturated carbocycles. The molecular formula is C23H15BrClNO4. The first-order valence-corrected chi connectivity index (χ1v) is 10.1. The molecule has 0 fully saturated rings. The third-order valence-corrected chi connectivity index (χ3v) is 5.27. The second kappa shape index (κ2) is 8.34. The lowest BCUT2D eigenvalue weighted by molar-refractivity contribution is -0.110. The van der Waals surface area contributed by atoms with Crippen molar-refractivity contribution in [3.05, 3.63) is 86.8 Å². The van der Waals surface area contributed by atoms with Gasteiger partial charge >= 0.3 is 5.97 Å². The fourth-order valence-corrected chi connectivity index (χ4v) is 3.65. The lowest BCUT2D eigenvalue weighted by atomic mass is 10.0. The van der Waals surface area contributed by atoms with Crippen LogP contribution in [0.5, 0.6) is 11.5 Å². The van der Waals surface area contributed by atoms with E-state index >= 15 is 0 Å². The van der Waals surface area contributed by atoms with Crippen molar-refractivity contribution in [2.24, 2.45) is 0 Å². The van der Waals surface area contributed by atoms with E-state index in [-0.39, 0.29) is 5.91 Å². The summed E-state index contributed by atoms with van der Waals surface area (Å²) in [5.74, 6) is 0.488. The molecule has 1 aliphatic heterocycles. The maximum atomic E-state index is 12.5. The number of ether oxygens (including phenoxy) is 2. The molecule has 7 heteroatoms. The van der Waals surface area contributed by atoms with Crippen LogP contribution in [-0.4, -0.2) is 19.0 Å². The molecule has 0 unspecified atom stereocenters. The normalized spacial score (nSPS) is 13.7. The van der Waals surface area contributed by atoms with Crippen LogP contribution in [-0.2, 0) is 9.53 Å². The van der Waals surface area contributed by atoms with Gasteiger partial charge in [-0.05, 0) is 60.7 Å². The number of hydrogen-bond donors (Lipinski definition) is 1. The van der Waals surface area contributed by atoms with E-state index in [1.54, 1.807) is 48.5 Å². The third-order valence-electron chi connectivity index (χ3n) is 4.54. The third kappa shape index (κ3) is 4.10. The van der Waals surface area contributed by atoms with E-state index in [0.717, 1.165) is 15.6 Å². The average Bonchev–Trinajstić information content (AvgIpc) is 3.04. The summed E-state index contributed by atoms with van der Waals surface area (Å²) in [6.45, 7) is 0. The van der Waals surface area contributed by atoms with Gasteiger partial charge in [0.25, 0.3) is 5.91 Å². The van der Waals surface area contributed by atoms with Gasteiger partial charge in [-0.2, -0.15) is 0 Å². The summed E-state index contributed by atoms with van der Waals surface area (Å²) < 4.78 is 11.6. The van der Waals surface area contributed by atoms with E-state index < -0.39 is 5.97 Å². The van der Waals surface area contributed by atoms with Gasteiger partial charge in [0.1, 0.15) is 11.5 Å². The average molecular weight is 485 g/mol. The summed E-state index contributed by atoms with van der Waals surface area (Å²) in [7, 11) is 1.33. The summed E-state index contributed by atoms with van der Waals surface area (Å²) in [5, 5.41) is 3.38. The maximum absolute atomic E-state index is 12.5. The summed E-state index contributed by atoms with van der Waals surface area (Å²) in [5.41, 5.74) is 3.12. The first-order chi connectivity index (χ1) is 14.4. The summed E-state index contributed by atoms with van der Waals surface area (Å²) in [6, 6.07) is 17.4. The molecular weight excluding hydrogens is 470 g/mol. The topological polar surface area (TPSA) is 64.6 Å². The lowest BCUT2D eigenvalue weighted by Gasteiger charge is -2.11. The number of esters is 1. The number of carbonyl (C=O) groups is 2. The molecule has 0 aliphatic carbocycles. The molecule has 1 N–H and O–H groups in total. The van der Waals surface area contributed by atoms with Crippen molar-refractivity contribution in [3.63, 3.8) is 0 Å². The second-order valence-electron chi connectivity index (χ2n) is 6.50. The van der Waals surface area contributed by atoms with Gasteiger partial charge in [-0.15, -0.1) is 0 Å². The van der Waals surface area contributed by atoms with Gasteiger partial charge in [0.15, 0.2) is 0 Å². The van der Waals surface area contributed by atoms with Crippen LogP contribution in [0.25, 0.3) is 11.6 Å². The van der Waals surface area contributed by atoms with Crippen molar-refractivity contribution in [2.75, 3.05) is 12.4 Å². The Hall–Kier alpha value is -3.09. The summed E-state index contributed by atoms with van der Waals surface area (Å²) >= 11 is 9.50. The molecule has 150 valence electrons. The standard InChI is InChI=1S/C23H15BrClNO4/c1-29-23(28)13-2-6-17(7-3-13)30-21-9-4-15(24)10-14(21)11-19-18-8-5-16(25)12-20(18)26-22(19)27/h2-12H,1H3,(H,26,27). The minimum atomic E-state index is -0.415. The number of methoxy groups -OCH3 is 1. The Morgan fingerprint density at radius 3 is 2.57 bits per heavy atom. The molecule has 0 saturated heterocycles. The Labute approximate surface area is 186 Å². The number of hydrogen-bond acceptors (Lipinski definition) is 4. The van der Waals surface area contributed by atoms with Crippen molar-refractivity contribution in [2.45, 2.75) is 0 Å². The fourth-order valence-electron chi connectivity index (χ4n) is 3.09. The molecule has 3 aromatic rings. The number of fused-ring (bicyclic) bond motifs is 1. The molecule has 1 amide bonds. The highest BCUT2D eigenvalue weighted by Gasteiger charge is 2.24. The quantitative estimate of drug-likeness (QED) is 0.355. The maximum Gasteiger partial charge on any atom is 0.337 e. The van der Waals surface area contributed by atoms with Crippen LogP contribution in [0.2, 0.25) is 5.02 Å². The predicted octanol–water partition coefficient (Wildman–Crippen LogP) is 6.17. The predicted molar refractivity (Wildman–Crippen MR) is 120 cm³/mol. The van der Waals surface area contributed by atoms with Crippen molar-refractivity contribution in [1.82, 2.24) is 0 Å². The fraction of sp³-hybridized carbons (Fsp3) is 0.0435. The largest absolute Gasteiger partial charge is 0.465 e. The van der Waals surface area contributed by atoms with Crippen LogP contribution in [0.4, 0.5) is 5.69 Å². The van der Waals surface area contributed by atoms with Gasteiger partial charge in [-0.25, -0.2) is 4.79 Å². The van der Waals surface area contributed by atoms with Gasteiger partial charge in [-0.1, -0.05) is 33.6 Å². The smallest absolute Gasteiger partial charge is 0.337 e. The molecule has 0 atom stereocenters. The van der Waals surface area contributed by atoms with E-state index in [9.17, 15) is 9.59 Å². The van der Waals surface area contributed by atoms with E-state index in [1.807, 2.05) is 18.2 Å². The molecule has 1 aliphatic rings. The van der Waals surface area contributed by atoms with E-state index in [4.69, 9.17) is 21.1 Å². The Morgan fingerprint density at radius 1 is 1.07 bits per heavy atom. The monoisotopic (exact) mass is 483 g/mol. The SMILES string of the molecule is COC(=O)c1ccc(Oc2ccc(Br)cc2C=C2C(=O)Nc3cc(Cl)ccc32)cc1. The van der Waals surface area contributed by atoms with Crippen molar-refractivity contribution >= 4 is 56.7 Å². The Kier molecular flexibility index (Phi) is 5.61. The number of nitrogens with one attached hydrogen (secondary N) is 1. The Bertz CT molecular complexity index is 1190. The van der Waals surface area contributed by atoms with Gasteiger partial charge in [0.05, 0.1) is 18.4 Å².